The molecule has 1 aliphatic rings. The molecule has 0 saturated carbocycles. The Bertz CT molecular complexity index is 734. The van der Waals surface area contributed by atoms with Crippen LogP contribution in [0.4, 0.5) is 15.8 Å². The minimum Gasteiger partial charge on any atom is -0.497 e. The number of ether oxygens (including phenoxy) is 1. The average Bonchev–Trinajstić information content (AvgIpc) is 2.89. The molecule has 0 bridgehead atoms. The lowest BCUT2D eigenvalue weighted by molar-refractivity contribution is -0.115. The van der Waals surface area contributed by atoms with E-state index < -0.39 is 5.82 Å². The lowest BCUT2D eigenvalue weighted by Gasteiger charge is -2.20. The molecule has 0 atom stereocenters. The largest absolute Gasteiger partial charge is 0.497 e. The first-order valence-electron chi connectivity index (χ1n) is 6.72. The first kappa shape index (κ1) is 16.8. The molecular weight excluding hydrogens is 321 g/mol. The highest BCUT2D eigenvalue weighted by molar-refractivity contribution is 6.24. The maximum Gasteiger partial charge on any atom is 0.255 e. The number of amides is 1. The van der Waals surface area contributed by atoms with Gasteiger partial charge in [-0.15, -0.1) is 12.4 Å². The molecule has 0 radical (unpaired) electrons. The van der Waals surface area contributed by atoms with Gasteiger partial charge >= 0.3 is 0 Å². The van der Waals surface area contributed by atoms with Crippen molar-refractivity contribution in [1.29, 1.82) is 0 Å². The van der Waals surface area contributed by atoms with Crippen LogP contribution in [0.25, 0.3) is 0 Å². The van der Waals surface area contributed by atoms with Crippen LogP contribution < -0.4 is 15.0 Å². The molecule has 2 aromatic rings. The summed E-state index contributed by atoms with van der Waals surface area (Å²) in [6, 6.07) is 13.3. The maximum absolute atomic E-state index is 13.9. The number of hydrogen-bond acceptors (Lipinski definition) is 4. The third kappa shape index (κ3) is 3.43. The van der Waals surface area contributed by atoms with Gasteiger partial charge in [0.1, 0.15) is 18.1 Å². The summed E-state index contributed by atoms with van der Waals surface area (Å²) in [5, 5.41) is 3.03. The number of carbonyl (C=O) groups excluding carboxylic acids is 1. The van der Waals surface area contributed by atoms with E-state index in [1.165, 1.54) is 11.0 Å². The van der Waals surface area contributed by atoms with E-state index in [1.54, 1.807) is 49.6 Å². The fourth-order valence-corrected chi connectivity index (χ4v) is 2.18. The second-order valence-electron chi connectivity index (χ2n) is 4.67. The number of hydrogen-bond donors (Lipinski definition) is 1. The minimum atomic E-state index is -0.470. The predicted octanol–water partition coefficient (Wildman–Crippen LogP) is 3.07. The van der Waals surface area contributed by atoms with Gasteiger partial charge in [-0.1, -0.05) is 12.1 Å². The van der Waals surface area contributed by atoms with Crippen LogP contribution in [0.15, 0.2) is 53.5 Å². The van der Waals surface area contributed by atoms with Crippen molar-refractivity contribution in [3.05, 3.63) is 54.3 Å². The molecule has 0 aromatic heterocycles. The topological polar surface area (TPSA) is 53.9 Å². The van der Waals surface area contributed by atoms with E-state index >= 15 is 0 Å². The van der Waals surface area contributed by atoms with Gasteiger partial charge in [-0.05, 0) is 36.4 Å². The van der Waals surface area contributed by atoms with Gasteiger partial charge in [-0.3, -0.25) is 4.79 Å². The SMILES string of the molecule is COc1ccc(NC2=NCC(=O)N2c2ccccc2F)cc1.Cl. The van der Waals surface area contributed by atoms with Gasteiger partial charge in [0.15, 0.2) is 0 Å². The van der Waals surface area contributed by atoms with E-state index in [-0.39, 0.29) is 30.5 Å². The second kappa shape index (κ2) is 7.11. The summed E-state index contributed by atoms with van der Waals surface area (Å²) in [6.07, 6.45) is 0. The van der Waals surface area contributed by atoms with Crippen molar-refractivity contribution in [2.24, 2.45) is 4.99 Å². The maximum atomic E-state index is 13.9. The van der Waals surface area contributed by atoms with Gasteiger partial charge < -0.3 is 10.1 Å². The first-order chi connectivity index (χ1) is 10.7. The van der Waals surface area contributed by atoms with Crippen LogP contribution in [0.2, 0.25) is 0 Å². The number of methoxy groups -OCH3 is 1. The molecule has 1 aliphatic heterocycles. The molecule has 3 rings (SSSR count). The number of nitrogens with one attached hydrogen (secondary N) is 1. The lowest BCUT2D eigenvalue weighted by atomic mass is 10.2. The van der Waals surface area contributed by atoms with E-state index in [4.69, 9.17) is 4.74 Å². The lowest BCUT2D eigenvalue weighted by Crippen LogP contribution is -2.37. The highest BCUT2D eigenvalue weighted by Crippen LogP contribution is 2.23. The molecule has 1 amide bonds. The molecule has 0 fully saturated rings. The van der Waals surface area contributed by atoms with E-state index in [1.807, 2.05) is 0 Å². The number of para-hydroxylation sites is 1. The first-order valence-corrected chi connectivity index (χ1v) is 6.72. The number of nitrogens with zero attached hydrogens (tertiary/aromatic N) is 2. The fourth-order valence-electron chi connectivity index (χ4n) is 2.18. The van der Waals surface area contributed by atoms with Gasteiger partial charge in [0.25, 0.3) is 5.91 Å². The second-order valence-corrected chi connectivity index (χ2v) is 4.67. The van der Waals surface area contributed by atoms with E-state index in [9.17, 15) is 9.18 Å². The van der Waals surface area contributed by atoms with E-state index in [0.29, 0.717) is 5.96 Å². The monoisotopic (exact) mass is 335 g/mol. The van der Waals surface area contributed by atoms with Crippen LogP contribution in [0.5, 0.6) is 5.75 Å². The Balaban J connectivity index is 0.00000192. The highest BCUT2D eigenvalue weighted by atomic mass is 35.5. The molecule has 23 heavy (non-hydrogen) atoms. The molecule has 0 unspecified atom stereocenters. The summed E-state index contributed by atoms with van der Waals surface area (Å²) in [4.78, 5) is 17.4. The standard InChI is InChI=1S/C16H14FN3O2.ClH/c1-22-12-8-6-11(7-9-12)19-16-18-10-15(21)20(16)14-5-3-2-4-13(14)17;/h2-9H,10H2,1H3,(H,18,19);1H. The molecule has 0 saturated heterocycles. The quantitative estimate of drug-likeness (QED) is 0.938. The normalized spacial score (nSPS) is 13.4. The van der Waals surface area contributed by atoms with Crippen molar-refractivity contribution in [1.82, 2.24) is 0 Å². The Morgan fingerprint density at radius 3 is 2.52 bits per heavy atom. The summed E-state index contributed by atoms with van der Waals surface area (Å²) in [5.74, 6) is 0.282. The number of rotatable bonds is 3. The van der Waals surface area contributed by atoms with Crippen molar-refractivity contribution in [3.8, 4) is 5.75 Å². The Labute approximate surface area is 139 Å². The third-order valence-corrected chi connectivity index (χ3v) is 3.26. The Morgan fingerprint density at radius 1 is 1.17 bits per heavy atom. The highest BCUT2D eigenvalue weighted by Gasteiger charge is 2.29. The molecule has 2 aromatic carbocycles. The molecular formula is C16H15ClFN3O2. The molecule has 0 spiro atoms. The number of aliphatic imine (C=N–C) groups is 1. The minimum absolute atomic E-state index is 0. The number of guanidine groups is 1. The Morgan fingerprint density at radius 2 is 1.87 bits per heavy atom. The van der Waals surface area contributed by atoms with E-state index in [0.717, 1.165) is 11.4 Å². The summed E-state index contributed by atoms with van der Waals surface area (Å²) in [5.41, 5.74) is 0.917. The number of halogens is 2. The summed E-state index contributed by atoms with van der Waals surface area (Å²) in [7, 11) is 1.59. The molecule has 5 nitrogen and oxygen atoms in total. The van der Waals surface area contributed by atoms with Gasteiger partial charge in [-0.25, -0.2) is 14.3 Å². The van der Waals surface area contributed by atoms with Crippen molar-refractivity contribution in [3.63, 3.8) is 0 Å². The zero-order valence-corrected chi connectivity index (χ0v) is 13.1. The fraction of sp³-hybridized carbons (Fsp3) is 0.125. The molecule has 1 heterocycles. The molecule has 0 aliphatic carbocycles. The van der Waals surface area contributed by atoms with Gasteiger partial charge in [0.05, 0.1) is 12.8 Å². The molecule has 120 valence electrons. The molecule has 7 heteroatoms. The van der Waals surface area contributed by atoms with Gasteiger partial charge in [-0.2, -0.15) is 0 Å². The third-order valence-electron chi connectivity index (χ3n) is 3.26. The summed E-state index contributed by atoms with van der Waals surface area (Å²) >= 11 is 0. The molecule has 1 N–H and O–H groups in total. The number of anilines is 2. The smallest absolute Gasteiger partial charge is 0.255 e. The van der Waals surface area contributed by atoms with Crippen LogP contribution in [-0.4, -0.2) is 25.5 Å². The van der Waals surface area contributed by atoms with Crippen LogP contribution in [0.3, 0.4) is 0 Å². The van der Waals surface area contributed by atoms with Crippen molar-refractivity contribution in [2.45, 2.75) is 0 Å². The van der Waals surface area contributed by atoms with Crippen LogP contribution in [0.1, 0.15) is 0 Å². The Kier molecular flexibility index (Phi) is 5.18. The van der Waals surface area contributed by atoms with E-state index in [2.05, 4.69) is 10.3 Å². The van der Waals surface area contributed by atoms with Gasteiger partial charge in [0, 0.05) is 5.69 Å². The van der Waals surface area contributed by atoms with Crippen LogP contribution in [-0.2, 0) is 4.79 Å². The van der Waals surface area contributed by atoms with Crippen molar-refractivity contribution >= 4 is 35.6 Å². The van der Waals surface area contributed by atoms with Crippen LogP contribution in [0, 0.1) is 5.82 Å². The zero-order chi connectivity index (χ0) is 15.5. The van der Waals surface area contributed by atoms with Crippen molar-refractivity contribution < 1.29 is 13.9 Å². The number of carbonyl (C=O) groups is 1. The zero-order valence-electron chi connectivity index (χ0n) is 12.3. The predicted molar refractivity (Wildman–Crippen MR) is 90.1 cm³/mol. The van der Waals surface area contributed by atoms with Gasteiger partial charge in [0.2, 0.25) is 5.96 Å². The van der Waals surface area contributed by atoms with Crippen molar-refractivity contribution in [2.75, 3.05) is 23.9 Å². The summed E-state index contributed by atoms with van der Waals surface area (Å²) < 4.78 is 19.0. The average molecular weight is 336 g/mol. The van der Waals surface area contributed by atoms with Crippen LogP contribution >= 0.6 is 12.4 Å². The number of benzene rings is 2. The Hall–Kier alpha value is -2.60. The summed E-state index contributed by atoms with van der Waals surface area (Å²) in [6.45, 7) is -0.00712.